The van der Waals surface area contributed by atoms with Crippen LogP contribution >= 0.6 is 0 Å². The van der Waals surface area contributed by atoms with Crippen LogP contribution in [0.25, 0.3) is 22.6 Å². The fourth-order valence-corrected chi connectivity index (χ4v) is 1.62. The Morgan fingerprint density at radius 1 is 0.900 bits per heavy atom. The number of aromatic hydroxyl groups is 3. The van der Waals surface area contributed by atoms with Crippen LogP contribution in [-0.2, 0) is 0 Å². The Morgan fingerprint density at radius 3 is 2.00 bits per heavy atom. The number of hydrogen-bond acceptors (Lipinski definition) is 4. The van der Waals surface area contributed by atoms with Crippen molar-refractivity contribution < 1.29 is 15.3 Å². The minimum Gasteiger partial charge on any atom is -0.504 e. The monoisotopic (exact) mass is 269 g/mol. The summed E-state index contributed by atoms with van der Waals surface area (Å²) >= 11 is 0. The Hall–Kier alpha value is -3.11. The van der Waals surface area contributed by atoms with Crippen LogP contribution in [0, 0.1) is 0 Å². The molecule has 2 aromatic carbocycles. The standard InChI is InChI=1S/C14H11N3O3/c15-17-16-11-5-3-9(4-6-11)1-2-10-7-12(18)14(20)13(19)8-10/h1-8,18-20H. The average Bonchev–Trinajstić information content (AvgIpc) is 2.44. The first-order chi connectivity index (χ1) is 9.60. The van der Waals surface area contributed by atoms with Gasteiger partial charge in [0.2, 0.25) is 0 Å². The fraction of sp³-hybridized carbons (Fsp3) is 0. The van der Waals surface area contributed by atoms with E-state index >= 15 is 0 Å². The molecular weight excluding hydrogens is 258 g/mol. The van der Waals surface area contributed by atoms with Gasteiger partial charge in [-0.2, -0.15) is 0 Å². The van der Waals surface area contributed by atoms with E-state index in [-0.39, 0.29) is 11.5 Å². The van der Waals surface area contributed by atoms with Gasteiger partial charge in [-0.05, 0) is 28.8 Å². The minimum atomic E-state index is -0.541. The molecule has 6 heteroatoms. The third-order valence-corrected chi connectivity index (χ3v) is 2.61. The highest BCUT2D eigenvalue weighted by Gasteiger charge is 2.06. The first kappa shape index (κ1) is 13.3. The van der Waals surface area contributed by atoms with E-state index in [0.29, 0.717) is 11.3 Å². The molecule has 0 heterocycles. The van der Waals surface area contributed by atoms with Crippen LogP contribution in [0.5, 0.6) is 17.2 Å². The van der Waals surface area contributed by atoms with Crippen molar-refractivity contribution in [2.24, 2.45) is 5.11 Å². The molecule has 0 saturated heterocycles. The summed E-state index contributed by atoms with van der Waals surface area (Å²) in [6.07, 6.45) is 3.42. The summed E-state index contributed by atoms with van der Waals surface area (Å²) in [6, 6.07) is 9.54. The Bertz CT molecular complexity index is 679. The summed E-state index contributed by atoms with van der Waals surface area (Å²) in [7, 11) is 0. The Morgan fingerprint density at radius 2 is 1.45 bits per heavy atom. The molecule has 0 atom stereocenters. The largest absolute Gasteiger partial charge is 0.504 e. The average molecular weight is 269 g/mol. The van der Waals surface area contributed by atoms with E-state index in [4.69, 9.17) is 5.53 Å². The highest BCUT2D eigenvalue weighted by molar-refractivity contribution is 5.72. The van der Waals surface area contributed by atoms with Gasteiger partial charge >= 0.3 is 0 Å². The highest BCUT2D eigenvalue weighted by Crippen LogP contribution is 2.35. The molecule has 20 heavy (non-hydrogen) atoms. The zero-order valence-electron chi connectivity index (χ0n) is 10.3. The number of phenols is 3. The van der Waals surface area contributed by atoms with E-state index in [1.54, 1.807) is 36.4 Å². The first-order valence-electron chi connectivity index (χ1n) is 5.68. The molecule has 6 nitrogen and oxygen atoms in total. The van der Waals surface area contributed by atoms with E-state index in [1.165, 1.54) is 12.1 Å². The van der Waals surface area contributed by atoms with Crippen LogP contribution < -0.4 is 0 Å². The third-order valence-electron chi connectivity index (χ3n) is 2.61. The summed E-state index contributed by atoms with van der Waals surface area (Å²) in [5.41, 5.74) is 10.2. The summed E-state index contributed by atoms with van der Waals surface area (Å²) in [5, 5.41) is 31.5. The van der Waals surface area contributed by atoms with Gasteiger partial charge in [-0.1, -0.05) is 41.5 Å². The maximum atomic E-state index is 9.38. The Balaban J connectivity index is 2.22. The van der Waals surface area contributed by atoms with Crippen molar-refractivity contribution in [2.75, 3.05) is 0 Å². The van der Waals surface area contributed by atoms with E-state index in [1.807, 2.05) is 0 Å². The number of nitrogens with zero attached hydrogens (tertiary/aromatic N) is 3. The maximum absolute atomic E-state index is 9.38. The summed E-state index contributed by atoms with van der Waals surface area (Å²) in [5.74, 6) is -1.31. The Kier molecular flexibility index (Phi) is 3.79. The molecule has 0 unspecified atom stereocenters. The molecule has 0 amide bonds. The molecule has 0 aliphatic heterocycles. The molecule has 0 saturated carbocycles. The number of phenolic OH excluding ortho intramolecular Hbond substituents is 3. The lowest BCUT2D eigenvalue weighted by molar-refractivity contribution is 0.368. The molecule has 2 aromatic rings. The van der Waals surface area contributed by atoms with E-state index in [0.717, 1.165) is 5.56 Å². The molecule has 0 aromatic heterocycles. The predicted molar refractivity (Wildman–Crippen MR) is 75.6 cm³/mol. The van der Waals surface area contributed by atoms with Gasteiger partial charge in [0.25, 0.3) is 0 Å². The van der Waals surface area contributed by atoms with Gasteiger partial charge in [0.05, 0.1) is 0 Å². The second-order valence-corrected chi connectivity index (χ2v) is 4.02. The maximum Gasteiger partial charge on any atom is 0.200 e. The lowest BCUT2D eigenvalue weighted by Gasteiger charge is -2.02. The molecule has 0 bridgehead atoms. The first-order valence-corrected chi connectivity index (χ1v) is 5.68. The molecule has 3 N–H and O–H groups in total. The minimum absolute atomic E-state index is 0.386. The van der Waals surface area contributed by atoms with Gasteiger partial charge < -0.3 is 15.3 Å². The summed E-state index contributed by atoms with van der Waals surface area (Å²) < 4.78 is 0. The molecule has 2 rings (SSSR count). The van der Waals surface area contributed by atoms with Gasteiger partial charge in [-0.25, -0.2) is 0 Å². The third kappa shape index (κ3) is 3.01. The molecule has 0 aliphatic carbocycles. The molecule has 0 radical (unpaired) electrons. The lowest BCUT2D eigenvalue weighted by Crippen LogP contribution is -1.76. The van der Waals surface area contributed by atoms with Crippen LogP contribution in [0.3, 0.4) is 0 Å². The zero-order valence-corrected chi connectivity index (χ0v) is 10.3. The van der Waals surface area contributed by atoms with Gasteiger partial charge in [0.15, 0.2) is 17.2 Å². The van der Waals surface area contributed by atoms with Crippen molar-refractivity contribution in [2.45, 2.75) is 0 Å². The number of rotatable bonds is 3. The van der Waals surface area contributed by atoms with E-state index < -0.39 is 5.75 Å². The summed E-state index contributed by atoms with van der Waals surface area (Å²) in [6.45, 7) is 0. The molecule has 0 spiro atoms. The van der Waals surface area contributed by atoms with Crippen molar-refractivity contribution in [3.05, 3.63) is 58.0 Å². The molecule has 0 fully saturated rings. The van der Waals surface area contributed by atoms with Gasteiger partial charge in [-0.3, -0.25) is 0 Å². The predicted octanol–water partition coefficient (Wildman–Crippen LogP) is 3.92. The molecule has 100 valence electrons. The topological polar surface area (TPSA) is 109 Å². The zero-order chi connectivity index (χ0) is 14.5. The fourth-order valence-electron chi connectivity index (χ4n) is 1.62. The number of hydrogen-bond donors (Lipinski definition) is 3. The second-order valence-electron chi connectivity index (χ2n) is 4.02. The summed E-state index contributed by atoms with van der Waals surface area (Å²) in [4.78, 5) is 2.68. The SMILES string of the molecule is [N-]=[N+]=Nc1ccc(C=Cc2cc(O)c(O)c(O)c2)cc1. The molecular formula is C14H11N3O3. The van der Waals surface area contributed by atoms with Crippen molar-refractivity contribution in [3.8, 4) is 17.2 Å². The lowest BCUT2D eigenvalue weighted by atomic mass is 10.1. The quantitative estimate of drug-likeness (QED) is 0.258. The van der Waals surface area contributed by atoms with Crippen molar-refractivity contribution >= 4 is 17.8 Å². The van der Waals surface area contributed by atoms with Gasteiger partial charge in [0, 0.05) is 10.6 Å². The second kappa shape index (κ2) is 5.69. The van der Waals surface area contributed by atoms with Crippen molar-refractivity contribution in [1.82, 2.24) is 0 Å². The van der Waals surface area contributed by atoms with E-state index in [2.05, 4.69) is 10.0 Å². The molecule has 0 aliphatic rings. The van der Waals surface area contributed by atoms with Crippen molar-refractivity contribution in [3.63, 3.8) is 0 Å². The van der Waals surface area contributed by atoms with Gasteiger partial charge in [-0.15, -0.1) is 0 Å². The van der Waals surface area contributed by atoms with Crippen LogP contribution in [0.15, 0.2) is 41.5 Å². The normalized spacial score (nSPS) is 10.4. The van der Waals surface area contributed by atoms with Crippen LogP contribution in [-0.4, -0.2) is 15.3 Å². The Labute approximate surface area is 114 Å². The van der Waals surface area contributed by atoms with E-state index in [9.17, 15) is 15.3 Å². The van der Waals surface area contributed by atoms with Crippen LogP contribution in [0.1, 0.15) is 11.1 Å². The van der Waals surface area contributed by atoms with Gasteiger partial charge in [0.1, 0.15) is 0 Å². The number of azide groups is 1. The number of benzene rings is 2. The highest BCUT2D eigenvalue weighted by atomic mass is 16.3. The van der Waals surface area contributed by atoms with Crippen LogP contribution in [0.2, 0.25) is 0 Å². The van der Waals surface area contributed by atoms with Crippen molar-refractivity contribution in [1.29, 1.82) is 0 Å². The van der Waals surface area contributed by atoms with Crippen LogP contribution in [0.4, 0.5) is 5.69 Å². The smallest absolute Gasteiger partial charge is 0.200 e.